The Bertz CT molecular complexity index is 313. The first kappa shape index (κ1) is 13.5. The van der Waals surface area contributed by atoms with Crippen LogP contribution in [0.1, 0.15) is 18.5 Å². The quantitative estimate of drug-likeness (QED) is 0.859. The molecule has 1 saturated heterocycles. The van der Waals surface area contributed by atoms with Crippen LogP contribution < -0.4 is 5.32 Å². The molecule has 1 atom stereocenters. The standard InChI is InChI=1S/C11H20N4.ClH/c1-12-8-10-4-3-7-15(10)9-11-5-6-13-14(11)2;/h5-6,10,12H,3-4,7-9H2,1-2H3;1H. The second-order valence-electron chi connectivity index (χ2n) is 4.27. The van der Waals surface area contributed by atoms with E-state index in [4.69, 9.17) is 0 Å². The fourth-order valence-electron chi connectivity index (χ4n) is 2.33. The minimum absolute atomic E-state index is 0. The van der Waals surface area contributed by atoms with Crippen molar-refractivity contribution in [1.82, 2.24) is 20.0 Å². The van der Waals surface area contributed by atoms with Gasteiger partial charge in [0.05, 0.1) is 5.69 Å². The molecule has 0 radical (unpaired) electrons. The monoisotopic (exact) mass is 244 g/mol. The molecule has 1 aliphatic heterocycles. The van der Waals surface area contributed by atoms with Crippen molar-refractivity contribution in [1.29, 1.82) is 0 Å². The lowest BCUT2D eigenvalue weighted by Gasteiger charge is -2.23. The molecule has 16 heavy (non-hydrogen) atoms. The summed E-state index contributed by atoms with van der Waals surface area (Å²) in [7, 11) is 4.04. The predicted octanol–water partition coefficient (Wildman–Crippen LogP) is 1.03. The van der Waals surface area contributed by atoms with Crippen molar-refractivity contribution in [2.45, 2.75) is 25.4 Å². The number of hydrogen-bond donors (Lipinski definition) is 1. The summed E-state index contributed by atoms with van der Waals surface area (Å²) in [6.45, 7) is 3.35. The second-order valence-corrected chi connectivity index (χ2v) is 4.27. The Kier molecular flexibility index (Phi) is 5.25. The van der Waals surface area contributed by atoms with Crippen molar-refractivity contribution in [2.75, 3.05) is 20.1 Å². The lowest BCUT2D eigenvalue weighted by Crippen LogP contribution is -2.36. The molecule has 1 aromatic rings. The van der Waals surface area contributed by atoms with Gasteiger partial charge in [-0.15, -0.1) is 12.4 Å². The SMILES string of the molecule is CNCC1CCCN1Cc1ccnn1C.Cl. The fourth-order valence-corrected chi connectivity index (χ4v) is 2.33. The van der Waals surface area contributed by atoms with Gasteiger partial charge in [0.25, 0.3) is 0 Å². The molecule has 1 aromatic heterocycles. The van der Waals surface area contributed by atoms with Crippen molar-refractivity contribution in [3.8, 4) is 0 Å². The topological polar surface area (TPSA) is 33.1 Å². The Balaban J connectivity index is 0.00000128. The van der Waals surface area contributed by atoms with E-state index in [1.54, 1.807) is 0 Å². The highest BCUT2D eigenvalue weighted by Gasteiger charge is 2.24. The van der Waals surface area contributed by atoms with E-state index >= 15 is 0 Å². The highest BCUT2D eigenvalue weighted by atomic mass is 35.5. The number of nitrogens with one attached hydrogen (secondary N) is 1. The number of rotatable bonds is 4. The maximum Gasteiger partial charge on any atom is 0.0521 e. The Morgan fingerprint density at radius 2 is 2.38 bits per heavy atom. The van der Waals surface area contributed by atoms with Gasteiger partial charge in [-0.05, 0) is 32.5 Å². The molecule has 4 nitrogen and oxygen atoms in total. The Morgan fingerprint density at radius 3 is 3.00 bits per heavy atom. The highest BCUT2D eigenvalue weighted by molar-refractivity contribution is 5.85. The van der Waals surface area contributed by atoms with Crippen molar-refractivity contribution in [3.63, 3.8) is 0 Å². The molecule has 1 N–H and O–H groups in total. The van der Waals surface area contributed by atoms with E-state index < -0.39 is 0 Å². The Hall–Kier alpha value is -0.580. The van der Waals surface area contributed by atoms with E-state index in [9.17, 15) is 0 Å². The van der Waals surface area contributed by atoms with Crippen LogP contribution >= 0.6 is 12.4 Å². The lowest BCUT2D eigenvalue weighted by atomic mass is 10.2. The summed E-state index contributed by atoms with van der Waals surface area (Å²) in [5.74, 6) is 0. The maximum absolute atomic E-state index is 4.20. The van der Waals surface area contributed by atoms with E-state index in [1.165, 1.54) is 25.1 Å². The summed E-state index contributed by atoms with van der Waals surface area (Å²) >= 11 is 0. The molecule has 5 heteroatoms. The molecule has 1 fully saturated rings. The van der Waals surface area contributed by atoms with Gasteiger partial charge in [-0.25, -0.2) is 0 Å². The molecule has 1 unspecified atom stereocenters. The zero-order valence-corrected chi connectivity index (χ0v) is 10.8. The second kappa shape index (κ2) is 6.23. The number of nitrogens with zero attached hydrogens (tertiary/aromatic N) is 3. The van der Waals surface area contributed by atoms with Crippen LogP contribution in [0, 0.1) is 0 Å². The summed E-state index contributed by atoms with van der Waals surface area (Å²) in [6.07, 6.45) is 4.52. The van der Waals surface area contributed by atoms with Gasteiger partial charge in [0.2, 0.25) is 0 Å². The molecule has 0 amide bonds. The minimum atomic E-state index is 0. The maximum atomic E-state index is 4.20. The first-order chi connectivity index (χ1) is 7.31. The lowest BCUT2D eigenvalue weighted by molar-refractivity contribution is 0.236. The van der Waals surface area contributed by atoms with Gasteiger partial charge in [0.1, 0.15) is 0 Å². The summed E-state index contributed by atoms with van der Waals surface area (Å²) in [6, 6.07) is 2.80. The van der Waals surface area contributed by atoms with Gasteiger partial charge in [0.15, 0.2) is 0 Å². The van der Waals surface area contributed by atoms with Crippen molar-refractivity contribution in [3.05, 3.63) is 18.0 Å². The van der Waals surface area contributed by atoms with Crippen LogP contribution in [0.3, 0.4) is 0 Å². The van der Waals surface area contributed by atoms with E-state index in [1.807, 2.05) is 25.0 Å². The number of hydrogen-bond acceptors (Lipinski definition) is 3. The smallest absolute Gasteiger partial charge is 0.0521 e. The molecular formula is C11H21ClN4. The van der Waals surface area contributed by atoms with Crippen molar-refractivity contribution in [2.24, 2.45) is 7.05 Å². The molecule has 2 heterocycles. The van der Waals surface area contributed by atoms with Crippen LogP contribution in [0.25, 0.3) is 0 Å². The van der Waals surface area contributed by atoms with Crippen molar-refractivity contribution >= 4 is 12.4 Å². The van der Waals surface area contributed by atoms with Crippen LogP contribution in [0.4, 0.5) is 0 Å². The number of halogens is 1. The van der Waals surface area contributed by atoms with E-state index in [0.717, 1.165) is 13.1 Å². The van der Waals surface area contributed by atoms with E-state index in [0.29, 0.717) is 6.04 Å². The zero-order valence-electron chi connectivity index (χ0n) is 10.0. The fraction of sp³-hybridized carbons (Fsp3) is 0.727. The van der Waals surface area contributed by atoms with Crippen molar-refractivity contribution < 1.29 is 0 Å². The zero-order chi connectivity index (χ0) is 10.7. The predicted molar refractivity (Wildman–Crippen MR) is 67.8 cm³/mol. The van der Waals surface area contributed by atoms with E-state index in [2.05, 4.69) is 21.4 Å². The van der Waals surface area contributed by atoms with Gasteiger partial charge in [-0.3, -0.25) is 9.58 Å². The molecule has 1 aliphatic rings. The molecule has 2 rings (SSSR count). The molecule has 0 bridgehead atoms. The van der Waals surface area contributed by atoms with Gasteiger partial charge >= 0.3 is 0 Å². The average molecular weight is 245 g/mol. The third-order valence-electron chi connectivity index (χ3n) is 3.23. The first-order valence-electron chi connectivity index (χ1n) is 5.67. The molecule has 92 valence electrons. The van der Waals surface area contributed by atoms with E-state index in [-0.39, 0.29) is 12.4 Å². The van der Waals surface area contributed by atoms with Crippen LogP contribution in [0.2, 0.25) is 0 Å². The summed E-state index contributed by atoms with van der Waals surface area (Å²) < 4.78 is 1.97. The van der Waals surface area contributed by atoms with Crippen LogP contribution in [0.15, 0.2) is 12.3 Å². The van der Waals surface area contributed by atoms with Gasteiger partial charge < -0.3 is 5.32 Å². The van der Waals surface area contributed by atoms with Gasteiger partial charge in [-0.1, -0.05) is 0 Å². The highest BCUT2D eigenvalue weighted by Crippen LogP contribution is 2.18. The Labute approximate surface area is 103 Å². The van der Waals surface area contributed by atoms with Crippen LogP contribution in [-0.4, -0.2) is 40.9 Å². The number of likely N-dealkylation sites (tertiary alicyclic amines) is 1. The normalized spacial score (nSPS) is 21.0. The largest absolute Gasteiger partial charge is 0.318 e. The number of aryl methyl sites for hydroxylation is 1. The summed E-state index contributed by atoms with van der Waals surface area (Å²) in [4.78, 5) is 2.55. The minimum Gasteiger partial charge on any atom is -0.318 e. The summed E-state index contributed by atoms with van der Waals surface area (Å²) in [5, 5.41) is 7.47. The van der Waals surface area contributed by atoms with Gasteiger partial charge in [0, 0.05) is 32.4 Å². The number of likely N-dealkylation sites (N-methyl/N-ethyl adjacent to an activating group) is 1. The first-order valence-corrected chi connectivity index (χ1v) is 5.67. The molecule has 0 spiro atoms. The van der Waals surface area contributed by atoms with Crippen LogP contribution in [-0.2, 0) is 13.6 Å². The van der Waals surface area contributed by atoms with Crippen LogP contribution in [0.5, 0.6) is 0 Å². The number of aromatic nitrogens is 2. The third-order valence-corrected chi connectivity index (χ3v) is 3.23. The molecular weight excluding hydrogens is 224 g/mol. The molecule has 0 aliphatic carbocycles. The Morgan fingerprint density at radius 1 is 1.56 bits per heavy atom. The molecule has 0 saturated carbocycles. The third kappa shape index (κ3) is 2.97. The summed E-state index contributed by atoms with van der Waals surface area (Å²) in [5.41, 5.74) is 1.30. The average Bonchev–Trinajstić information content (AvgIpc) is 2.80. The molecule has 0 aromatic carbocycles. The van der Waals surface area contributed by atoms with Gasteiger partial charge in [-0.2, -0.15) is 5.10 Å².